The summed E-state index contributed by atoms with van der Waals surface area (Å²) in [5.74, 6) is 0. The molecule has 0 radical (unpaired) electrons. The van der Waals surface area contributed by atoms with E-state index in [2.05, 4.69) is 40.2 Å². The first-order chi connectivity index (χ1) is 8.69. The number of methoxy groups -OCH3 is 1. The van der Waals surface area contributed by atoms with Crippen molar-refractivity contribution in [3.63, 3.8) is 0 Å². The third-order valence-corrected chi connectivity index (χ3v) is 4.77. The summed E-state index contributed by atoms with van der Waals surface area (Å²) in [6.45, 7) is 0.810. The molecule has 0 saturated heterocycles. The molecule has 1 unspecified atom stereocenters. The Morgan fingerprint density at radius 2 is 2.00 bits per heavy atom. The second-order valence-electron chi connectivity index (χ2n) is 5.26. The number of halogens is 1. The van der Waals surface area contributed by atoms with E-state index in [0.29, 0.717) is 0 Å². The van der Waals surface area contributed by atoms with Crippen LogP contribution in [0, 0.1) is 0 Å². The van der Waals surface area contributed by atoms with Gasteiger partial charge in [0.2, 0.25) is 0 Å². The third-order valence-electron chi connectivity index (χ3n) is 4.24. The maximum absolute atomic E-state index is 6.46. The summed E-state index contributed by atoms with van der Waals surface area (Å²) in [4.78, 5) is 0. The van der Waals surface area contributed by atoms with Crippen molar-refractivity contribution in [1.82, 2.24) is 0 Å². The molecule has 18 heavy (non-hydrogen) atoms. The Morgan fingerprint density at radius 3 is 2.50 bits per heavy atom. The molecule has 2 rings (SSSR count). The van der Waals surface area contributed by atoms with Gasteiger partial charge in [0.05, 0.1) is 0 Å². The van der Waals surface area contributed by atoms with Crippen LogP contribution in [-0.4, -0.2) is 19.8 Å². The Kier molecular flexibility index (Phi) is 4.82. The van der Waals surface area contributed by atoms with E-state index in [-0.39, 0.29) is 11.5 Å². The smallest absolute Gasteiger partial charge is 0.0462 e. The Hall–Kier alpha value is -0.380. The zero-order valence-electron chi connectivity index (χ0n) is 11.0. The summed E-state index contributed by atoms with van der Waals surface area (Å²) >= 11 is 3.49. The maximum atomic E-state index is 6.46. The molecular weight excluding hydrogens is 290 g/mol. The highest BCUT2D eigenvalue weighted by atomic mass is 79.9. The molecule has 1 aliphatic carbocycles. The quantitative estimate of drug-likeness (QED) is 0.814. The van der Waals surface area contributed by atoms with Gasteiger partial charge in [-0.15, -0.1) is 0 Å². The average Bonchev–Trinajstić information content (AvgIpc) is 2.30. The van der Waals surface area contributed by atoms with Gasteiger partial charge in [0.1, 0.15) is 0 Å². The van der Waals surface area contributed by atoms with E-state index in [1.807, 2.05) is 0 Å². The summed E-state index contributed by atoms with van der Waals surface area (Å²) in [5, 5.41) is 0. The molecule has 0 aliphatic heterocycles. The van der Waals surface area contributed by atoms with Crippen molar-refractivity contribution in [1.29, 1.82) is 0 Å². The predicted octanol–water partition coefficient (Wildman–Crippen LogP) is 3.62. The molecular formula is C15H22BrNO. The van der Waals surface area contributed by atoms with E-state index >= 15 is 0 Å². The Bertz CT molecular complexity index is 373. The topological polar surface area (TPSA) is 35.2 Å². The lowest BCUT2D eigenvalue weighted by Crippen LogP contribution is -2.50. The van der Waals surface area contributed by atoms with Crippen LogP contribution in [0.2, 0.25) is 0 Å². The highest BCUT2D eigenvalue weighted by Gasteiger charge is 2.43. The van der Waals surface area contributed by atoms with Crippen LogP contribution >= 0.6 is 15.9 Å². The summed E-state index contributed by atoms with van der Waals surface area (Å²) in [6.07, 6.45) is 5.85. The lowest BCUT2D eigenvalue weighted by atomic mass is 9.59. The number of hydrogen-bond donors (Lipinski definition) is 1. The minimum Gasteiger partial charge on any atom is -0.385 e. The van der Waals surface area contributed by atoms with Crippen molar-refractivity contribution in [3.05, 3.63) is 34.3 Å². The van der Waals surface area contributed by atoms with Gasteiger partial charge in [-0.2, -0.15) is 0 Å². The third kappa shape index (κ3) is 2.79. The van der Waals surface area contributed by atoms with E-state index in [1.165, 1.54) is 24.8 Å². The number of rotatable bonds is 6. The molecule has 100 valence electrons. The van der Waals surface area contributed by atoms with Gasteiger partial charge in [-0.25, -0.2) is 0 Å². The minimum absolute atomic E-state index is 0.217. The maximum Gasteiger partial charge on any atom is 0.0462 e. The van der Waals surface area contributed by atoms with E-state index < -0.39 is 0 Å². The van der Waals surface area contributed by atoms with Gasteiger partial charge >= 0.3 is 0 Å². The van der Waals surface area contributed by atoms with Crippen LogP contribution in [0.1, 0.15) is 37.7 Å². The van der Waals surface area contributed by atoms with E-state index in [1.54, 1.807) is 7.11 Å². The van der Waals surface area contributed by atoms with Crippen molar-refractivity contribution in [3.8, 4) is 0 Å². The SMILES string of the molecule is COCCCC(N)C1(c2ccc(Br)cc2)CCC1. The van der Waals surface area contributed by atoms with Crippen molar-refractivity contribution < 1.29 is 4.74 Å². The van der Waals surface area contributed by atoms with Crippen molar-refractivity contribution in [2.75, 3.05) is 13.7 Å². The molecule has 1 aliphatic rings. The lowest BCUT2D eigenvalue weighted by molar-refractivity contribution is 0.159. The highest BCUT2D eigenvalue weighted by Crippen LogP contribution is 2.47. The van der Waals surface area contributed by atoms with Crippen LogP contribution in [0.3, 0.4) is 0 Å². The second kappa shape index (κ2) is 6.18. The van der Waals surface area contributed by atoms with Crippen LogP contribution in [0.15, 0.2) is 28.7 Å². The molecule has 0 spiro atoms. The molecule has 1 atom stereocenters. The van der Waals surface area contributed by atoms with E-state index in [9.17, 15) is 0 Å². The summed E-state index contributed by atoms with van der Waals surface area (Å²) in [5.41, 5.74) is 8.08. The molecule has 1 saturated carbocycles. The fourth-order valence-electron chi connectivity index (χ4n) is 2.94. The molecule has 0 aromatic heterocycles. The molecule has 1 aromatic carbocycles. The van der Waals surface area contributed by atoms with Crippen LogP contribution in [0.5, 0.6) is 0 Å². The predicted molar refractivity (Wildman–Crippen MR) is 78.8 cm³/mol. The van der Waals surface area contributed by atoms with Gasteiger partial charge in [-0.1, -0.05) is 34.5 Å². The molecule has 3 heteroatoms. The molecule has 0 heterocycles. The number of ether oxygens (including phenoxy) is 1. The zero-order valence-corrected chi connectivity index (χ0v) is 12.6. The molecule has 1 fully saturated rings. The Morgan fingerprint density at radius 1 is 1.33 bits per heavy atom. The van der Waals surface area contributed by atoms with Crippen molar-refractivity contribution in [2.24, 2.45) is 5.73 Å². The molecule has 2 N–H and O–H groups in total. The normalized spacial score (nSPS) is 19.3. The monoisotopic (exact) mass is 311 g/mol. The van der Waals surface area contributed by atoms with Crippen LogP contribution in [0.25, 0.3) is 0 Å². The van der Waals surface area contributed by atoms with Crippen molar-refractivity contribution in [2.45, 2.75) is 43.6 Å². The van der Waals surface area contributed by atoms with Gasteiger partial charge in [-0.3, -0.25) is 0 Å². The van der Waals surface area contributed by atoms with Crippen LogP contribution < -0.4 is 5.73 Å². The Labute approximate surface area is 118 Å². The van der Waals surface area contributed by atoms with Gasteiger partial charge in [-0.05, 0) is 43.4 Å². The largest absolute Gasteiger partial charge is 0.385 e. The van der Waals surface area contributed by atoms with E-state index in [4.69, 9.17) is 10.5 Å². The number of hydrogen-bond acceptors (Lipinski definition) is 2. The van der Waals surface area contributed by atoms with Crippen molar-refractivity contribution >= 4 is 15.9 Å². The molecule has 1 aromatic rings. The Balaban J connectivity index is 2.07. The first-order valence-corrected chi connectivity index (χ1v) is 7.49. The fraction of sp³-hybridized carbons (Fsp3) is 0.600. The minimum atomic E-state index is 0.217. The van der Waals surface area contributed by atoms with Crippen LogP contribution in [0.4, 0.5) is 0 Å². The molecule has 2 nitrogen and oxygen atoms in total. The highest BCUT2D eigenvalue weighted by molar-refractivity contribution is 9.10. The molecule has 0 bridgehead atoms. The first-order valence-electron chi connectivity index (χ1n) is 6.69. The van der Waals surface area contributed by atoms with E-state index in [0.717, 1.165) is 23.9 Å². The fourth-order valence-corrected chi connectivity index (χ4v) is 3.20. The van der Waals surface area contributed by atoms with Gasteiger partial charge in [0, 0.05) is 29.6 Å². The lowest BCUT2D eigenvalue weighted by Gasteiger charge is -2.47. The number of benzene rings is 1. The summed E-state index contributed by atoms with van der Waals surface area (Å²) < 4.78 is 6.25. The van der Waals surface area contributed by atoms with Crippen LogP contribution in [-0.2, 0) is 10.2 Å². The molecule has 0 amide bonds. The summed E-state index contributed by atoms with van der Waals surface area (Å²) in [7, 11) is 1.75. The standard InChI is InChI=1S/C15H22BrNO/c1-18-11-2-4-14(17)15(9-3-10-15)12-5-7-13(16)8-6-12/h5-8,14H,2-4,9-11,17H2,1H3. The van der Waals surface area contributed by atoms with Gasteiger partial charge in [0.15, 0.2) is 0 Å². The average molecular weight is 312 g/mol. The van der Waals surface area contributed by atoms with Gasteiger partial charge in [0.25, 0.3) is 0 Å². The number of nitrogens with two attached hydrogens (primary N) is 1. The second-order valence-corrected chi connectivity index (χ2v) is 6.17. The zero-order chi connectivity index (χ0) is 13.0. The van der Waals surface area contributed by atoms with Gasteiger partial charge < -0.3 is 10.5 Å². The summed E-state index contributed by atoms with van der Waals surface area (Å²) in [6, 6.07) is 8.94. The first kappa shape index (κ1) is 14.0.